The molecule has 1 aromatic carbocycles. The van der Waals surface area contributed by atoms with E-state index >= 15 is 0 Å². The molecule has 0 spiro atoms. The Morgan fingerprint density at radius 1 is 1.07 bits per heavy atom. The lowest BCUT2D eigenvalue weighted by Gasteiger charge is -2.36. The van der Waals surface area contributed by atoms with Gasteiger partial charge in [-0.2, -0.15) is 4.98 Å². The number of rotatable bonds is 12. The molecule has 12 nitrogen and oxygen atoms in total. The third kappa shape index (κ3) is 8.55. The SMILES string of the molecule is CC(C)C(N)C(=O)OC1CCN(C(=O)C2CCC(Nc3nccc(-n4ccc5c(OCCCS(C)(=O)=O)cccc54)n3)CC2)CC1. The Hall–Kier alpha value is -3.71. The predicted molar refractivity (Wildman–Crippen MR) is 177 cm³/mol. The first-order chi connectivity index (χ1) is 22.0. The number of nitrogens with two attached hydrogens (primary N) is 1. The van der Waals surface area contributed by atoms with Crippen LogP contribution in [0, 0.1) is 11.8 Å². The standard InChI is InChI=1S/C33H46N6O6S/c1-22(2)30(34)32(41)45-25-13-17-38(18-14-25)31(40)23-8-10-24(11-9-23)36-33-35-16-12-29(37-33)39-19-15-26-27(39)6-4-7-28(26)44-20-5-21-46(3,42)43/h4,6-7,12,15-16,19,22-25,30H,5,8-11,13-14,17-18,20-21,34H2,1-3H3,(H,35,36,37). The van der Waals surface area contributed by atoms with E-state index in [1.807, 2.05) is 59.8 Å². The molecular formula is C33H46N6O6S. The number of carbonyl (C=O) groups is 2. The predicted octanol–water partition coefficient (Wildman–Crippen LogP) is 3.72. The Morgan fingerprint density at radius 3 is 2.50 bits per heavy atom. The number of piperidine rings is 1. The second-order valence-corrected chi connectivity index (χ2v) is 15.1. The van der Waals surface area contributed by atoms with Gasteiger partial charge in [-0.3, -0.25) is 9.59 Å². The maximum absolute atomic E-state index is 13.3. The number of benzene rings is 1. The number of nitrogens with zero attached hydrogens (tertiary/aromatic N) is 4. The minimum absolute atomic E-state index is 0.00667. The molecule has 2 fully saturated rings. The van der Waals surface area contributed by atoms with Crippen LogP contribution >= 0.6 is 0 Å². The van der Waals surface area contributed by atoms with Gasteiger partial charge in [-0.15, -0.1) is 0 Å². The lowest BCUT2D eigenvalue weighted by Crippen LogP contribution is -2.46. The molecule has 46 heavy (non-hydrogen) atoms. The highest BCUT2D eigenvalue weighted by Crippen LogP contribution is 2.31. The number of likely N-dealkylation sites (tertiary alicyclic amines) is 1. The van der Waals surface area contributed by atoms with E-state index in [1.54, 1.807) is 6.20 Å². The van der Waals surface area contributed by atoms with Crippen molar-refractivity contribution >= 4 is 38.6 Å². The number of aromatic nitrogens is 3. The number of hydrogen-bond acceptors (Lipinski definition) is 10. The average Bonchev–Trinajstić information content (AvgIpc) is 3.48. The second kappa shape index (κ2) is 14.8. The number of nitrogens with one attached hydrogen (secondary N) is 1. The number of fused-ring (bicyclic) bond motifs is 1. The first-order valence-corrected chi connectivity index (χ1v) is 18.3. The Labute approximate surface area is 271 Å². The molecule has 1 saturated heterocycles. The summed E-state index contributed by atoms with van der Waals surface area (Å²) in [6, 6.07) is 9.14. The molecule has 1 atom stereocenters. The summed E-state index contributed by atoms with van der Waals surface area (Å²) < 4.78 is 36.3. The van der Waals surface area contributed by atoms with Crippen molar-refractivity contribution in [2.45, 2.75) is 77.0 Å². The number of hydrogen-bond donors (Lipinski definition) is 2. The minimum Gasteiger partial charge on any atom is -0.493 e. The van der Waals surface area contributed by atoms with E-state index in [4.69, 9.17) is 20.2 Å². The Morgan fingerprint density at radius 2 is 1.80 bits per heavy atom. The normalized spacial score (nSPS) is 20.1. The molecule has 0 radical (unpaired) electrons. The number of esters is 1. The van der Waals surface area contributed by atoms with Crippen LogP contribution in [0.3, 0.4) is 0 Å². The Kier molecular flexibility index (Phi) is 10.8. The van der Waals surface area contributed by atoms with Crippen molar-refractivity contribution in [3.8, 4) is 11.6 Å². The van der Waals surface area contributed by atoms with E-state index in [0.29, 0.717) is 56.5 Å². The summed E-state index contributed by atoms with van der Waals surface area (Å²) in [7, 11) is -3.02. The van der Waals surface area contributed by atoms with E-state index in [1.165, 1.54) is 6.26 Å². The zero-order valence-corrected chi connectivity index (χ0v) is 27.7. The maximum atomic E-state index is 13.3. The van der Waals surface area contributed by atoms with Crippen LogP contribution in [-0.4, -0.2) is 89.6 Å². The van der Waals surface area contributed by atoms with Gasteiger partial charge in [0.05, 0.1) is 17.9 Å². The summed E-state index contributed by atoms with van der Waals surface area (Å²) in [6.45, 7) is 5.30. The van der Waals surface area contributed by atoms with Crippen molar-refractivity contribution in [2.75, 3.05) is 37.0 Å². The first-order valence-electron chi connectivity index (χ1n) is 16.2. The van der Waals surface area contributed by atoms with Crippen molar-refractivity contribution in [3.63, 3.8) is 0 Å². The van der Waals surface area contributed by atoms with Crippen molar-refractivity contribution < 1.29 is 27.5 Å². The van der Waals surface area contributed by atoms with Gasteiger partial charge in [0.2, 0.25) is 11.9 Å². The fraction of sp³-hybridized carbons (Fsp3) is 0.576. The highest BCUT2D eigenvalue weighted by atomic mass is 32.2. The third-order valence-corrected chi connectivity index (χ3v) is 9.96. The summed E-state index contributed by atoms with van der Waals surface area (Å²) in [5.41, 5.74) is 6.84. The molecular weight excluding hydrogens is 608 g/mol. The van der Waals surface area contributed by atoms with Crippen LogP contribution in [0.15, 0.2) is 42.7 Å². The molecule has 3 aromatic rings. The first kappa shape index (κ1) is 33.6. The molecule has 1 amide bonds. The lowest BCUT2D eigenvalue weighted by molar-refractivity contribution is -0.155. The van der Waals surface area contributed by atoms with E-state index in [9.17, 15) is 18.0 Å². The molecule has 2 aliphatic rings. The van der Waals surface area contributed by atoms with Crippen LogP contribution < -0.4 is 15.8 Å². The van der Waals surface area contributed by atoms with Gasteiger partial charge in [0.25, 0.3) is 0 Å². The van der Waals surface area contributed by atoms with E-state index in [2.05, 4.69) is 10.3 Å². The minimum atomic E-state index is -3.02. The van der Waals surface area contributed by atoms with Crippen LogP contribution in [0.2, 0.25) is 0 Å². The van der Waals surface area contributed by atoms with Gasteiger partial charge >= 0.3 is 5.97 Å². The molecule has 3 heterocycles. The van der Waals surface area contributed by atoms with Gasteiger partial charge in [-0.25, -0.2) is 13.4 Å². The second-order valence-electron chi connectivity index (χ2n) is 12.9. The molecule has 250 valence electrons. The summed E-state index contributed by atoms with van der Waals surface area (Å²) in [5, 5.41) is 4.39. The van der Waals surface area contributed by atoms with E-state index in [0.717, 1.165) is 36.6 Å². The molecule has 2 aromatic heterocycles. The van der Waals surface area contributed by atoms with Crippen LogP contribution in [0.5, 0.6) is 5.75 Å². The fourth-order valence-electron chi connectivity index (χ4n) is 6.16. The van der Waals surface area contributed by atoms with E-state index in [-0.39, 0.29) is 41.6 Å². The zero-order valence-electron chi connectivity index (χ0n) is 26.9. The summed E-state index contributed by atoms with van der Waals surface area (Å²) in [5.74, 6) is 1.89. The number of sulfone groups is 1. The van der Waals surface area contributed by atoms with Crippen LogP contribution in [0.4, 0.5) is 5.95 Å². The van der Waals surface area contributed by atoms with Crippen molar-refractivity contribution in [1.29, 1.82) is 0 Å². The monoisotopic (exact) mass is 654 g/mol. The summed E-state index contributed by atoms with van der Waals surface area (Å²) >= 11 is 0. The Bertz CT molecular complexity index is 1610. The van der Waals surface area contributed by atoms with Crippen LogP contribution in [-0.2, 0) is 24.2 Å². The molecule has 3 N–H and O–H groups in total. The number of amides is 1. The van der Waals surface area contributed by atoms with Crippen LogP contribution in [0.1, 0.15) is 58.8 Å². The van der Waals surface area contributed by atoms with Crippen LogP contribution in [0.25, 0.3) is 16.7 Å². The Balaban J connectivity index is 1.11. The highest BCUT2D eigenvalue weighted by Gasteiger charge is 2.33. The average molecular weight is 655 g/mol. The lowest BCUT2D eigenvalue weighted by atomic mass is 9.85. The van der Waals surface area contributed by atoms with Gasteiger partial charge in [-0.05, 0) is 62.3 Å². The zero-order chi connectivity index (χ0) is 32.8. The number of carbonyl (C=O) groups excluding carboxylic acids is 2. The quantitative estimate of drug-likeness (QED) is 0.218. The fourth-order valence-corrected chi connectivity index (χ4v) is 6.80. The summed E-state index contributed by atoms with van der Waals surface area (Å²) in [6.07, 6.45) is 9.70. The van der Waals surface area contributed by atoms with Gasteiger partial charge in [0.15, 0.2) is 0 Å². The van der Waals surface area contributed by atoms with Gasteiger partial charge in [-0.1, -0.05) is 19.9 Å². The number of ether oxygens (including phenoxy) is 2. The van der Waals surface area contributed by atoms with Crippen molar-refractivity contribution in [3.05, 3.63) is 42.7 Å². The largest absolute Gasteiger partial charge is 0.493 e. The van der Waals surface area contributed by atoms with Gasteiger partial charge in [0, 0.05) is 61.9 Å². The molecule has 1 unspecified atom stereocenters. The van der Waals surface area contributed by atoms with Gasteiger partial charge < -0.3 is 30.0 Å². The van der Waals surface area contributed by atoms with Crippen molar-refractivity contribution in [2.24, 2.45) is 17.6 Å². The molecule has 1 aliphatic heterocycles. The smallest absolute Gasteiger partial charge is 0.323 e. The van der Waals surface area contributed by atoms with Crippen molar-refractivity contribution in [1.82, 2.24) is 19.4 Å². The molecule has 1 saturated carbocycles. The molecule has 0 bridgehead atoms. The maximum Gasteiger partial charge on any atom is 0.323 e. The third-order valence-electron chi connectivity index (χ3n) is 8.93. The van der Waals surface area contributed by atoms with Gasteiger partial charge in [0.1, 0.15) is 33.6 Å². The number of anilines is 1. The molecule has 13 heteroatoms. The summed E-state index contributed by atoms with van der Waals surface area (Å²) in [4.78, 5) is 36.7. The molecule has 5 rings (SSSR count). The highest BCUT2D eigenvalue weighted by molar-refractivity contribution is 7.90. The topological polar surface area (TPSA) is 159 Å². The van der Waals surface area contributed by atoms with E-state index < -0.39 is 15.9 Å². The molecule has 1 aliphatic carbocycles.